The van der Waals surface area contributed by atoms with Gasteiger partial charge in [-0.1, -0.05) is 20.3 Å². The largest absolute Gasteiger partial charge is 0.370 e. The van der Waals surface area contributed by atoms with E-state index in [2.05, 4.69) is 4.99 Å². The van der Waals surface area contributed by atoms with Crippen LogP contribution in [0, 0.1) is 0 Å². The number of rotatable bonds is 7. The monoisotopic (exact) mass is 251 g/mol. The first-order valence-corrected chi connectivity index (χ1v) is 6.86. The smallest absolute Gasteiger partial charge is 0.267 e. The van der Waals surface area contributed by atoms with E-state index in [4.69, 9.17) is 16.0 Å². The maximum Gasteiger partial charge on any atom is 0.267 e. The van der Waals surface area contributed by atoms with Crippen molar-refractivity contribution < 1.29 is 13.0 Å². The molecule has 0 aliphatic carbocycles. The molecule has 0 aromatic heterocycles. The zero-order chi connectivity index (χ0) is 12.8. The average molecular weight is 251 g/mol. The Morgan fingerprint density at radius 2 is 1.94 bits per heavy atom. The van der Waals surface area contributed by atoms with Crippen molar-refractivity contribution in [3.63, 3.8) is 0 Å². The first kappa shape index (κ1) is 15.2. The molecule has 16 heavy (non-hydrogen) atoms. The standard InChI is InChI=1S/C9H21N3O3S/c1-3-5-8(16(13,14)15)6-7(4-2)12-9(10)11/h7-8H,3-6H2,1-2H3,(H4,10,11,12)(H,13,14,15). The van der Waals surface area contributed by atoms with E-state index in [0.717, 1.165) is 0 Å². The molecule has 0 saturated heterocycles. The molecule has 0 radical (unpaired) electrons. The molecule has 0 bridgehead atoms. The number of nitrogens with two attached hydrogens (primary N) is 2. The zero-order valence-corrected chi connectivity index (χ0v) is 10.6. The lowest BCUT2D eigenvalue weighted by atomic mass is 10.1. The van der Waals surface area contributed by atoms with Gasteiger partial charge in [0.1, 0.15) is 0 Å². The third kappa shape index (κ3) is 5.92. The summed E-state index contributed by atoms with van der Waals surface area (Å²) in [6.07, 6.45) is 1.98. The molecule has 0 amide bonds. The SMILES string of the molecule is CCCC(CC(CC)N=C(N)N)S(=O)(=O)O. The maximum atomic E-state index is 11.1. The van der Waals surface area contributed by atoms with Crippen molar-refractivity contribution in [1.82, 2.24) is 0 Å². The van der Waals surface area contributed by atoms with E-state index in [1.807, 2.05) is 13.8 Å². The van der Waals surface area contributed by atoms with Crippen molar-refractivity contribution in [2.24, 2.45) is 16.5 Å². The van der Waals surface area contributed by atoms with Crippen LogP contribution in [0.1, 0.15) is 39.5 Å². The van der Waals surface area contributed by atoms with Gasteiger partial charge in [0.2, 0.25) is 0 Å². The molecule has 96 valence electrons. The van der Waals surface area contributed by atoms with E-state index >= 15 is 0 Å². The third-order valence-electron chi connectivity index (χ3n) is 2.37. The normalized spacial score (nSPS) is 15.4. The van der Waals surface area contributed by atoms with Crippen molar-refractivity contribution in [3.8, 4) is 0 Å². The Kier molecular flexibility index (Phi) is 6.35. The summed E-state index contributed by atoms with van der Waals surface area (Å²) in [4.78, 5) is 3.93. The lowest BCUT2D eigenvalue weighted by molar-refractivity contribution is 0.441. The van der Waals surface area contributed by atoms with Crippen LogP contribution >= 0.6 is 0 Å². The molecular formula is C9H21N3O3S. The van der Waals surface area contributed by atoms with Gasteiger partial charge in [0.05, 0.1) is 11.3 Å². The number of aliphatic imine (C=N–C) groups is 1. The Hall–Kier alpha value is -0.820. The van der Waals surface area contributed by atoms with Crippen LogP contribution in [0.5, 0.6) is 0 Å². The van der Waals surface area contributed by atoms with Crippen molar-refractivity contribution >= 4 is 16.1 Å². The Labute approximate surface area is 96.9 Å². The Balaban J connectivity index is 4.66. The van der Waals surface area contributed by atoms with E-state index in [9.17, 15) is 8.42 Å². The highest BCUT2D eigenvalue weighted by atomic mass is 32.2. The first-order valence-electron chi connectivity index (χ1n) is 5.36. The van der Waals surface area contributed by atoms with E-state index < -0.39 is 15.4 Å². The molecule has 5 N–H and O–H groups in total. The van der Waals surface area contributed by atoms with Crippen molar-refractivity contribution in [2.45, 2.75) is 50.8 Å². The van der Waals surface area contributed by atoms with Crippen LogP contribution in [0.15, 0.2) is 4.99 Å². The van der Waals surface area contributed by atoms with Crippen LogP contribution in [-0.4, -0.2) is 30.2 Å². The second kappa shape index (κ2) is 6.70. The fourth-order valence-electron chi connectivity index (χ4n) is 1.54. The van der Waals surface area contributed by atoms with Gasteiger partial charge in [0.25, 0.3) is 10.1 Å². The molecule has 0 saturated carbocycles. The fourth-order valence-corrected chi connectivity index (χ4v) is 2.53. The molecule has 0 spiro atoms. The summed E-state index contributed by atoms with van der Waals surface area (Å²) in [7, 11) is -4.02. The van der Waals surface area contributed by atoms with E-state index in [-0.39, 0.29) is 18.4 Å². The van der Waals surface area contributed by atoms with Crippen LogP contribution < -0.4 is 11.5 Å². The van der Waals surface area contributed by atoms with Gasteiger partial charge >= 0.3 is 0 Å². The molecule has 2 atom stereocenters. The predicted octanol–water partition coefficient (Wildman–Crippen LogP) is 0.485. The highest BCUT2D eigenvalue weighted by molar-refractivity contribution is 7.86. The van der Waals surface area contributed by atoms with E-state index in [1.165, 1.54) is 0 Å². The number of hydrogen-bond donors (Lipinski definition) is 3. The van der Waals surface area contributed by atoms with Crippen molar-refractivity contribution in [3.05, 3.63) is 0 Å². The molecule has 0 heterocycles. The lowest BCUT2D eigenvalue weighted by Gasteiger charge is -2.17. The van der Waals surface area contributed by atoms with Gasteiger partial charge in [-0.25, -0.2) is 0 Å². The van der Waals surface area contributed by atoms with Crippen molar-refractivity contribution in [1.29, 1.82) is 0 Å². The van der Waals surface area contributed by atoms with Crippen LogP contribution in [0.25, 0.3) is 0 Å². The summed E-state index contributed by atoms with van der Waals surface area (Å²) in [5.41, 5.74) is 10.5. The summed E-state index contributed by atoms with van der Waals surface area (Å²) in [6, 6.07) is -0.261. The summed E-state index contributed by atoms with van der Waals surface area (Å²) >= 11 is 0. The molecule has 0 fully saturated rings. The highest BCUT2D eigenvalue weighted by Gasteiger charge is 2.25. The summed E-state index contributed by atoms with van der Waals surface area (Å²) in [5, 5.41) is -0.787. The molecule has 0 aromatic carbocycles. The van der Waals surface area contributed by atoms with Gasteiger partial charge in [0.15, 0.2) is 5.96 Å². The Bertz CT molecular complexity index is 323. The topological polar surface area (TPSA) is 119 Å². The number of guanidine groups is 1. The quantitative estimate of drug-likeness (QED) is 0.345. The zero-order valence-electron chi connectivity index (χ0n) is 9.76. The minimum atomic E-state index is -4.02. The molecule has 0 aliphatic heterocycles. The Morgan fingerprint density at radius 3 is 2.25 bits per heavy atom. The van der Waals surface area contributed by atoms with Crippen LogP contribution in [0.2, 0.25) is 0 Å². The van der Waals surface area contributed by atoms with Gasteiger partial charge < -0.3 is 11.5 Å². The van der Waals surface area contributed by atoms with E-state index in [1.54, 1.807) is 0 Å². The van der Waals surface area contributed by atoms with Gasteiger partial charge in [0, 0.05) is 0 Å². The minimum absolute atomic E-state index is 0.0579. The Morgan fingerprint density at radius 1 is 1.38 bits per heavy atom. The van der Waals surface area contributed by atoms with Crippen molar-refractivity contribution in [2.75, 3.05) is 0 Å². The van der Waals surface area contributed by atoms with Gasteiger partial charge in [-0.3, -0.25) is 9.55 Å². The predicted molar refractivity (Wildman–Crippen MR) is 64.8 cm³/mol. The number of nitrogens with zero attached hydrogens (tertiary/aromatic N) is 1. The molecule has 6 nitrogen and oxygen atoms in total. The molecule has 0 aliphatic rings. The molecule has 0 aromatic rings. The minimum Gasteiger partial charge on any atom is -0.370 e. The average Bonchev–Trinajstić information content (AvgIpc) is 2.13. The fraction of sp³-hybridized carbons (Fsp3) is 0.889. The summed E-state index contributed by atoms with van der Waals surface area (Å²) < 4.78 is 31.3. The molecule has 7 heteroatoms. The maximum absolute atomic E-state index is 11.1. The van der Waals surface area contributed by atoms with Crippen LogP contribution in [-0.2, 0) is 10.1 Å². The summed E-state index contributed by atoms with van der Waals surface area (Å²) in [5.74, 6) is -0.0579. The second-order valence-electron chi connectivity index (χ2n) is 3.78. The van der Waals surface area contributed by atoms with Crippen LogP contribution in [0.3, 0.4) is 0 Å². The van der Waals surface area contributed by atoms with Gasteiger partial charge in [-0.2, -0.15) is 8.42 Å². The number of hydrogen-bond acceptors (Lipinski definition) is 3. The van der Waals surface area contributed by atoms with Gasteiger partial charge in [-0.05, 0) is 19.3 Å². The summed E-state index contributed by atoms with van der Waals surface area (Å²) in [6.45, 7) is 3.73. The molecule has 2 unspecified atom stereocenters. The third-order valence-corrected chi connectivity index (χ3v) is 3.64. The lowest BCUT2D eigenvalue weighted by Crippen LogP contribution is -2.29. The second-order valence-corrected chi connectivity index (χ2v) is 5.47. The van der Waals surface area contributed by atoms with Gasteiger partial charge in [-0.15, -0.1) is 0 Å². The molecular weight excluding hydrogens is 230 g/mol. The van der Waals surface area contributed by atoms with Crippen LogP contribution in [0.4, 0.5) is 0 Å². The molecule has 0 rings (SSSR count). The highest BCUT2D eigenvalue weighted by Crippen LogP contribution is 2.17. The first-order chi connectivity index (χ1) is 7.31. The van der Waals surface area contributed by atoms with E-state index in [0.29, 0.717) is 19.3 Å².